The number of phenolic OH excluding ortho intramolecular Hbond substituents is 1. The van der Waals surface area contributed by atoms with Gasteiger partial charge < -0.3 is 14.9 Å². The number of halogens is 1. The fourth-order valence-corrected chi connectivity index (χ4v) is 3.32. The first-order valence-corrected chi connectivity index (χ1v) is 8.40. The minimum atomic E-state index is -0.451. The van der Waals surface area contributed by atoms with Crippen LogP contribution in [0.5, 0.6) is 5.75 Å². The molecular weight excluding hydrogens is 323 g/mol. The van der Waals surface area contributed by atoms with Gasteiger partial charge in [0.05, 0.1) is 12.1 Å². The molecule has 0 bridgehead atoms. The van der Waals surface area contributed by atoms with E-state index in [4.69, 9.17) is 9.84 Å². The number of fused-ring (bicyclic) bond motifs is 1. The molecule has 6 heteroatoms. The van der Waals surface area contributed by atoms with Crippen molar-refractivity contribution < 1.29 is 19.3 Å². The molecule has 1 aliphatic rings. The predicted octanol–water partition coefficient (Wildman–Crippen LogP) is 3.74. The van der Waals surface area contributed by atoms with Crippen LogP contribution in [0.3, 0.4) is 0 Å². The van der Waals surface area contributed by atoms with Crippen molar-refractivity contribution in [3.63, 3.8) is 0 Å². The summed E-state index contributed by atoms with van der Waals surface area (Å²) in [5.74, 6) is -0.309. The molecule has 3 aromatic rings. The summed E-state index contributed by atoms with van der Waals surface area (Å²) in [7, 11) is 0. The van der Waals surface area contributed by atoms with Crippen LogP contribution >= 0.6 is 0 Å². The van der Waals surface area contributed by atoms with Gasteiger partial charge in [0, 0.05) is 23.1 Å². The number of phenols is 1. The second kappa shape index (κ2) is 6.46. The Kier molecular flexibility index (Phi) is 4.15. The van der Waals surface area contributed by atoms with E-state index < -0.39 is 5.82 Å². The van der Waals surface area contributed by atoms with Gasteiger partial charge in [0.15, 0.2) is 6.23 Å². The molecule has 5 nitrogen and oxygen atoms in total. The third-order valence-corrected chi connectivity index (χ3v) is 4.61. The topological polar surface area (TPSA) is 67.5 Å². The number of rotatable bonds is 3. The molecule has 0 radical (unpaired) electrons. The molecule has 0 spiro atoms. The number of benzene rings is 2. The second-order valence-electron chi connectivity index (χ2n) is 6.28. The van der Waals surface area contributed by atoms with Crippen molar-refractivity contribution in [3.8, 4) is 17.0 Å². The lowest BCUT2D eigenvalue weighted by molar-refractivity contribution is -0.0365. The molecule has 1 unspecified atom stereocenters. The van der Waals surface area contributed by atoms with Gasteiger partial charge in [0.25, 0.3) is 0 Å². The Morgan fingerprint density at radius 1 is 1.20 bits per heavy atom. The van der Waals surface area contributed by atoms with Gasteiger partial charge in [-0.15, -0.1) is 0 Å². The van der Waals surface area contributed by atoms with E-state index in [-0.39, 0.29) is 24.1 Å². The number of hydrogen-bond acceptors (Lipinski definition) is 4. The van der Waals surface area contributed by atoms with E-state index in [1.165, 1.54) is 6.07 Å². The van der Waals surface area contributed by atoms with Gasteiger partial charge in [-0.25, -0.2) is 9.07 Å². The Hall–Kier alpha value is -2.44. The molecule has 130 valence electrons. The molecule has 2 heterocycles. The number of aromatic hydroxyl groups is 1. The molecule has 0 aliphatic carbocycles. The normalized spacial score (nSPS) is 17.9. The summed E-state index contributed by atoms with van der Waals surface area (Å²) in [6.07, 6.45) is 2.85. The first kappa shape index (κ1) is 16.1. The highest BCUT2D eigenvalue weighted by Crippen LogP contribution is 2.35. The Morgan fingerprint density at radius 2 is 2.08 bits per heavy atom. The summed E-state index contributed by atoms with van der Waals surface area (Å²) in [6, 6.07) is 9.64. The molecule has 0 saturated carbocycles. The van der Waals surface area contributed by atoms with E-state index >= 15 is 0 Å². The number of nitrogens with zero attached hydrogens (tertiary/aromatic N) is 2. The highest BCUT2D eigenvalue weighted by Gasteiger charge is 2.22. The Balaban J connectivity index is 1.89. The molecular formula is C19H19FN2O3. The van der Waals surface area contributed by atoms with Gasteiger partial charge in [0.2, 0.25) is 0 Å². The average Bonchev–Trinajstić information content (AvgIpc) is 3.01. The molecule has 25 heavy (non-hydrogen) atoms. The Labute approximate surface area is 144 Å². The van der Waals surface area contributed by atoms with Crippen LogP contribution in [-0.2, 0) is 11.3 Å². The molecule has 1 atom stereocenters. The third kappa shape index (κ3) is 2.88. The summed E-state index contributed by atoms with van der Waals surface area (Å²) in [4.78, 5) is 0. The van der Waals surface area contributed by atoms with Crippen molar-refractivity contribution in [1.82, 2.24) is 9.78 Å². The van der Waals surface area contributed by atoms with Crippen molar-refractivity contribution in [1.29, 1.82) is 0 Å². The highest BCUT2D eigenvalue weighted by molar-refractivity contribution is 5.94. The molecule has 2 N–H and O–H groups in total. The van der Waals surface area contributed by atoms with Gasteiger partial charge in [-0.1, -0.05) is 0 Å². The van der Waals surface area contributed by atoms with Crippen molar-refractivity contribution in [2.24, 2.45) is 0 Å². The lowest BCUT2D eigenvalue weighted by atomic mass is 10.0. The number of aromatic nitrogens is 2. The van der Waals surface area contributed by atoms with Gasteiger partial charge >= 0.3 is 0 Å². The Morgan fingerprint density at radius 3 is 2.84 bits per heavy atom. The number of ether oxygens (including phenoxy) is 1. The quantitative estimate of drug-likeness (QED) is 0.761. The minimum absolute atomic E-state index is 0.141. The number of hydrogen-bond donors (Lipinski definition) is 2. The van der Waals surface area contributed by atoms with Gasteiger partial charge in [-0.05, 0) is 55.7 Å². The van der Waals surface area contributed by atoms with E-state index in [1.807, 2.05) is 10.7 Å². The van der Waals surface area contributed by atoms with E-state index in [0.717, 1.165) is 30.2 Å². The zero-order valence-corrected chi connectivity index (χ0v) is 13.7. The first-order valence-electron chi connectivity index (χ1n) is 8.40. The van der Waals surface area contributed by atoms with Crippen molar-refractivity contribution in [2.75, 3.05) is 6.61 Å². The SMILES string of the molecule is OCc1cc(-c2nn(C3CCCCO3)c3ccc(O)cc23)ccc1F. The van der Waals surface area contributed by atoms with Gasteiger partial charge in [-0.3, -0.25) is 0 Å². The Bertz CT molecular complexity index is 916. The zero-order chi connectivity index (χ0) is 17.4. The van der Waals surface area contributed by atoms with E-state index in [9.17, 15) is 14.6 Å². The van der Waals surface area contributed by atoms with Crippen LogP contribution < -0.4 is 0 Å². The molecule has 1 aliphatic heterocycles. The van der Waals surface area contributed by atoms with Crippen LogP contribution in [0, 0.1) is 5.82 Å². The van der Waals surface area contributed by atoms with E-state index in [0.29, 0.717) is 17.9 Å². The molecule has 4 rings (SSSR count). The highest BCUT2D eigenvalue weighted by atomic mass is 19.1. The summed E-state index contributed by atoms with van der Waals surface area (Å²) in [6.45, 7) is 0.319. The van der Waals surface area contributed by atoms with Crippen LogP contribution in [0.4, 0.5) is 4.39 Å². The van der Waals surface area contributed by atoms with Crippen LogP contribution in [0.1, 0.15) is 31.1 Å². The summed E-state index contributed by atoms with van der Waals surface area (Å²) in [5.41, 5.74) is 2.40. The zero-order valence-electron chi connectivity index (χ0n) is 13.7. The van der Waals surface area contributed by atoms with Gasteiger partial charge in [0.1, 0.15) is 17.3 Å². The average molecular weight is 342 g/mol. The second-order valence-corrected chi connectivity index (χ2v) is 6.28. The maximum Gasteiger partial charge on any atom is 0.150 e. The predicted molar refractivity (Wildman–Crippen MR) is 91.6 cm³/mol. The van der Waals surface area contributed by atoms with E-state index in [2.05, 4.69) is 0 Å². The smallest absolute Gasteiger partial charge is 0.150 e. The van der Waals surface area contributed by atoms with Crippen molar-refractivity contribution in [2.45, 2.75) is 32.1 Å². The lowest BCUT2D eigenvalue weighted by Gasteiger charge is -2.23. The number of aliphatic hydroxyl groups excluding tert-OH is 1. The van der Waals surface area contributed by atoms with Crippen LogP contribution in [0.2, 0.25) is 0 Å². The third-order valence-electron chi connectivity index (χ3n) is 4.61. The maximum absolute atomic E-state index is 13.7. The van der Waals surface area contributed by atoms with Gasteiger partial charge in [-0.2, -0.15) is 5.10 Å². The van der Waals surface area contributed by atoms with Crippen molar-refractivity contribution in [3.05, 3.63) is 47.8 Å². The fraction of sp³-hybridized carbons (Fsp3) is 0.316. The standard InChI is InChI=1S/C19H19FN2O3/c20-16-6-4-12(9-13(16)11-23)19-15-10-14(24)5-7-17(15)22(21-19)18-3-1-2-8-25-18/h4-7,9-10,18,23-24H,1-3,8,11H2. The lowest BCUT2D eigenvalue weighted by Crippen LogP contribution is -2.19. The molecule has 1 fully saturated rings. The van der Waals surface area contributed by atoms with E-state index in [1.54, 1.807) is 24.3 Å². The molecule has 0 amide bonds. The minimum Gasteiger partial charge on any atom is -0.508 e. The largest absolute Gasteiger partial charge is 0.508 e. The molecule has 1 saturated heterocycles. The van der Waals surface area contributed by atoms with Crippen LogP contribution in [0.25, 0.3) is 22.2 Å². The molecule has 1 aromatic heterocycles. The van der Waals surface area contributed by atoms with Crippen LogP contribution in [-0.4, -0.2) is 26.6 Å². The number of aliphatic hydroxyl groups is 1. The van der Waals surface area contributed by atoms with Crippen molar-refractivity contribution >= 4 is 10.9 Å². The molecule has 2 aromatic carbocycles. The maximum atomic E-state index is 13.7. The fourth-order valence-electron chi connectivity index (χ4n) is 3.32. The monoisotopic (exact) mass is 342 g/mol. The summed E-state index contributed by atoms with van der Waals surface area (Å²) < 4.78 is 21.4. The summed E-state index contributed by atoms with van der Waals surface area (Å²) >= 11 is 0. The first-order chi connectivity index (χ1) is 12.2. The van der Waals surface area contributed by atoms with Crippen LogP contribution in [0.15, 0.2) is 36.4 Å². The summed E-state index contributed by atoms with van der Waals surface area (Å²) in [5, 5.41) is 24.7.